The molecule has 0 saturated carbocycles. The fourth-order valence-electron chi connectivity index (χ4n) is 3.72. The highest BCUT2D eigenvalue weighted by molar-refractivity contribution is 6.15. The predicted molar refractivity (Wildman–Crippen MR) is 128 cm³/mol. The molecule has 3 aromatic rings. The molecule has 4 rings (SSSR count). The molecule has 0 radical (unpaired) electrons. The third-order valence-corrected chi connectivity index (χ3v) is 5.46. The molecule has 180 valence electrons. The Kier molecular flexibility index (Phi) is 6.64. The fraction of sp³-hybridized carbons (Fsp3) is 0.185. The third kappa shape index (κ3) is 4.77. The molecule has 0 amide bonds. The molecule has 35 heavy (non-hydrogen) atoms. The number of fused-ring (bicyclic) bond motifs is 1. The maximum atomic E-state index is 13.1. The average molecular weight is 476 g/mol. The van der Waals surface area contributed by atoms with Gasteiger partial charge in [0.15, 0.2) is 5.76 Å². The maximum Gasteiger partial charge on any atom is 0.343 e. The van der Waals surface area contributed by atoms with Crippen molar-refractivity contribution in [1.82, 2.24) is 0 Å². The Morgan fingerprint density at radius 1 is 0.800 bits per heavy atom. The number of hydrogen-bond donors (Lipinski definition) is 0. The summed E-state index contributed by atoms with van der Waals surface area (Å²) in [6.45, 7) is 1.75. The summed E-state index contributed by atoms with van der Waals surface area (Å²) in [7, 11) is 6.08. The predicted octanol–water partition coefficient (Wildman–Crippen LogP) is 4.86. The molecule has 3 aromatic carbocycles. The van der Waals surface area contributed by atoms with Crippen molar-refractivity contribution in [3.8, 4) is 34.5 Å². The molecular weight excluding hydrogens is 452 g/mol. The molecule has 8 heteroatoms. The van der Waals surface area contributed by atoms with E-state index in [4.69, 9.17) is 28.4 Å². The summed E-state index contributed by atoms with van der Waals surface area (Å²) < 4.78 is 32.5. The third-order valence-electron chi connectivity index (χ3n) is 5.46. The van der Waals surface area contributed by atoms with Crippen LogP contribution in [0.2, 0.25) is 0 Å². The van der Waals surface area contributed by atoms with Crippen molar-refractivity contribution in [2.75, 3.05) is 28.4 Å². The zero-order chi connectivity index (χ0) is 25.1. The molecule has 0 fully saturated rings. The van der Waals surface area contributed by atoms with Crippen LogP contribution in [0.15, 0.2) is 54.3 Å². The summed E-state index contributed by atoms with van der Waals surface area (Å²) in [5.41, 5.74) is 1.89. The van der Waals surface area contributed by atoms with Crippen molar-refractivity contribution in [1.29, 1.82) is 0 Å². The number of aryl methyl sites for hydroxylation is 1. The molecule has 1 aliphatic rings. The van der Waals surface area contributed by atoms with Crippen molar-refractivity contribution in [3.63, 3.8) is 0 Å². The van der Waals surface area contributed by atoms with Crippen molar-refractivity contribution in [2.24, 2.45) is 0 Å². The van der Waals surface area contributed by atoms with Crippen molar-refractivity contribution in [3.05, 3.63) is 76.5 Å². The lowest BCUT2D eigenvalue weighted by molar-refractivity contribution is 0.0733. The Hall–Kier alpha value is -4.46. The lowest BCUT2D eigenvalue weighted by atomic mass is 10.0. The van der Waals surface area contributed by atoms with Crippen molar-refractivity contribution in [2.45, 2.75) is 6.92 Å². The first kappa shape index (κ1) is 23.7. The molecular formula is C27H24O8. The van der Waals surface area contributed by atoms with Crippen LogP contribution < -0.4 is 28.4 Å². The monoisotopic (exact) mass is 476 g/mol. The number of methoxy groups -OCH3 is 4. The van der Waals surface area contributed by atoms with Gasteiger partial charge in [-0.2, -0.15) is 0 Å². The molecule has 0 atom stereocenters. The molecule has 1 heterocycles. The fourth-order valence-corrected chi connectivity index (χ4v) is 3.72. The second-order valence-corrected chi connectivity index (χ2v) is 7.65. The van der Waals surface area contributed by atoms with Gasteiger partial charge in [-0.05, 0) is 55.0 Å². The average Bonchev–Trinajstić information content (AvgIpc) is 3.18. The SMILES string of the molecule is COc1cc(OC)cc(C(=O)Oc2cc(C)c3c(c2)O/C(=C\c2cc(OC)ccc2OC)C3=O)c1. The second-order valence-electron chi connectivity index (χ2n) is 7.65. The Labute approximate surface area is 202 Å². The number of carbonyl (C=O) groups is 2. The van der Waals surface area contributed by atoms with E-state index in [0.717, 1.165) is 0 Å². The summed E-state index contributed by atoms with van der Waals surface area (Å²) in [6, 6.07) is 13.1. The highest BCUT2D eigenvalue weighted by Crippen LogP contribution is 2.39. The molecule has 0 spiro atoms. The number of Topliss-reactive ketones (excluding diaryl/α,β-unsaturated/α-hetero) is 1. The molecule has 0 unspecified atom stereocenters. The van der Waals surface area contributed by atoms with E-state index < -0.39 is 5.97 Å². The summed E-state index contributed by atoms with van der Waals surface area (Å²) in [5, 5.41) is 0. The zero-order valence-electron chi connectivity index (χ0n) is 20.0. The van der Waals surface area contributed by atoms with Gasteiger partial charge in [-0.25, -0.2) is 4.79 Å². The number of carbonyl (C=O) groups excluding carboxylic acids is 2. The number of ether oxygens (including phenoxy) is 6. The highest BCUT2D eigenvalue weighted by atomic mass is 16.5. The van der Waals surface area contributed by atoms with Gasteiger partial charge in [0.25, 0.3) is 0 Å². The van der Waals surface area contributed by atoms with E-state index in [2.05, 4.69) is 0 Å². The number of hydrogen-bond acceptors (Lipinski definition) is 8. The molecule has 8 nitrogen and oxygen atoms in total. The standard InChI is InChI=1S/C27H24O8/c1-15-8-21(34-27(29)17-10-19(31-3)13-20(11-17)32-4)14-23-25(15)26(28)24(35-23)12-16-9-18(30-2)6-7-22(16)33-5/h6-14H,1-5H3/b24-12-. The number of rotatable bonds is 7. The van der Waals surface area contributed by atoms with Crippen LogP contribution >= 0.6 is 0 Å². The van der Waals surface area contributed by atoms with Crippen LogP contribution in [0.1, 0.15) is 31.8 Å². The minimum absolute atomic E-state index is 0.121. The van der Waals surface area contributed by atoms with Gasteiger partial charge < -0.3 is 28.4 Å². The van der Waals surface area contributed by atoms with Crippen LogP contribution in [0, 0.1) is 6.92 Å². The van der Waals surface area contributed by atoms with E-state index in [0.29, 0.717) is 45.4 Å². The van der Waals surface area contributed by atoms with E-state index in [-0.39, 0.29) is 22.9 Å². The summed E-state index contributed by atoms with van der Waals surface area (Å²) in [6.07, 6.45) is 1.59. The lowest BCUT2D eigenvalue weighted by Gasteiger charge is -2.10. The second kappa shape index (κ2) is 9.80. The quantitative estimate of drug-likeness (QED) is 0.271. The number of allylic oxidation sites excluding steroid dienone is 1. The molecule has 1 aliphatic heterocycles. The van der Waals surface area contributed by atoms with Crippen LogP contribution in [-0.2, 0) is 0 Å². The molecule has 0 saturated heterocycles. The van der Waals surface area contributed by atoms with Gasteiger partial charge in [0, 0.05) is 17.7 Å². The van der Waals surface area contributed by atoms with Gasteiger partial charge in [-0.15, -0.1) is 0 Å². The van der Waals surface area contributed by atoms with Crippen LogP contribution in [0.4, 0.5) is 0 Å². The first-order valence-electron chi connectivity index (χ1n) is 10.6. The summed E-state index contributed by atoms with van der Waals surface area (Å²) >= 11 is 0. The van der Waals surface area contributed by atoms with Crippen molar-refractivity contribution < 1.29 is 38.0 Å². The minimum atomic E-state index is -0.609. The summed E-state index contributed by atoms with van der Waals surface area (Å²) in [4.78, 5) is 25.9. The molecule has 0 N–H and O–H groups in total. The topological polar surface area (TPSA) is 89.5 Å². The van der Waals surface area contributed by atoms with Gasteiger partial charge in [0.1, 0.15) is 34.5 Å². The van der Waals surface area contributed by atoms with E-state index in [1.54, 1.807) is 69.7 Å². The van der Waals surface area contributed by atoms with E-state index >= 15 is 0 Å². The Morgan fingerprint density at radius 2 is 1.49 bits per heavy atom. The first-order chi connectivity index (χ1) is 16.9. The Morgan fingerprint density at radius 3 is 2.11 bits per heavy atom. The normalized spacial score (nSPS) is 13.2. The Balaban J connectivity index is 1.63. The first-order valence-corrected chi connectivity index (χ1v) is 10.6. The Bertz CT molecular complexity index is 1320. The van der Waals surface area contributed by atoms with E-state index in [9.17, 15) is 9.59 Å². The van der Waals surface area contributed by atoms with Crippen molar-refractivity contribution >= 4 is 17.8 Å². The van der Waals surface area contributed by atoms with Crippen LogP contribution in [0.25, 0.3) is 6.08 Å². The van der Waals surface area contributed by atoms with Gasteiger partial charge in [-0.3, -0.25) is 4.79 Å². The molecule has 0 bridgehead atoms. The number of ketones is 1. The van der Waals surface area contributed by atoms with E-state index in [1.165, 1.54) is 20.3 Å². The van der Waals surface area contributed by atoms with Gasteiger partial charge in [0.05, 0.1) is 39.6 Å². The smallest absolute Gasteiger partial charge is 0.343 e. The minimum Gasteiger partial charge on any atom is -0.497 e. The highest BCUT2D eigenvalue weighted by Gasteiger charge is 2.31. The number of benzene rings is 3. The van der Waals surface area contributed by atoms with E-state index in [1.807, 2.05) is 0 Å². The zero-order valence-corrected chi connectivity index (χ0v) is 20.0. The molecule has 0 aromatic heterocycles. The maximum absolute atomic E-state index is 13.1. The number of esters is 1. The van der Waals surface area contributed by atoms with Crippen LogP contribution in [-0.4, -0.2) is 40.2 Å². The van der Waals surface area contributed by atoms with Gasteiger partial charge >= 0.3 is 5.97 Å². The van der Waals surface area contributed by atoms with Gasteiger partial charge in [-0.1, -0.05) is 0 Å². The molecule has 0 aliphatic carbocycles. The summed E-state index contributed by atoms with van der Waals surface area (Å²) in [5.74, 6) is 1.86. The largest absolute Gasteiger partial charge is 0.497 e. The lowest BCUT2D eigenvalue weighted by Crippen LogP contribution is -2.09. The van der Waals surface area contributed by atoms with Crippen LogP contribution in [0.3, 0.4) is 0 Å². The van der Waals surface area contributed by atoms with Crippen LogP contribution in [0.5, 0.6) is 34.5 Å². The van der Waals surface area contributed by atoms with Gasteiger partial charge in [0.2, 0.25) is 5.78 Å².